The van der Waals surface area contributed by atoms with E-state index in [9.17, 15) is 19.5 Å². The number of amides is 2. The van der Waals surface area contributed by atoms with Crippen LogP contribution in [0.25, 0.3) is 0 Å². The van der Waals surface area contributed by atoms with Crippen molar-refractivity contribution in [3.63, 3.8) is 0 Å². The number of aliphatic hydroxyl groups is 1. The lowest BCUT2D eigenvalue weighted by atomic mass is 9.86. The first-order valence-corrected chi connectivity index (χ1v) is 11.4. The van der Waals surface area contributed by atoms with Crippen LogP contribution in [0.2, 0.25) is 0 Å². The molecule has 182 valence electrons. The number of hydrogen-bond acceptors (Lipinski definition) is 6. The third kappa shape index (κ3) is 5.75. The van der Waals surface area contributed by atoms with Gasteiger partial charge in [0, 0.05) is 13.0 Å². The van der Waals surface area contributed by atoms with Gasteiger partial charge in [-0.2, -0.15) is 0 Å². The Kier molecular flexibility index (Phi) is 8.28. The van der Waals surface area contributed by atoms with Gasteiger partial charge in [0.2, 0.25) is 5.91 Å². The van der Waals surface area contributed by atoms with E-state index in [0.29, 0.717) is 19.4 Å². The maximum Gasteiger partial charge on any atom is 0.411 e. The summed E-state index contributed by atoms with van der Waals surface area (Å²) in [7, 11) is 1.19. The van der Waals surface area contributed by atoms with Crippen LogP contribution in [0.4, 0.5) is 4.79 Å². The summed E-state index contributed by atoms with van der Waals surface area (Å²) >= 11 is 0. The minimum atomic E-state index is -1.27. The highest BCUT2D eigenvalue weighted by Gasteiger charge is 2.51. The van der Waals surface area contributed by atoms with E-state index in [4.69, 9.17) is 9.47 Å². The Labute approximate surface area is 199 Å². The molecule has 2 amide bonds. The summed E-state index contributed by atoms with van der Waals surface area (Å²) in [4.78, 5) is 40.5. The average Bonchev–Trinajstić information content (AvgIpc) is 3.27. The molecule has 1 aliphatic heterocycles. The molecular formula is C26H32N2O6. The van der Waals surface area contributed by atoms with E-state index in [1.165, 1.54) is 18.9 Å². The summed E-state index contributed by atoms with van der Waals surface area (Å²) in [6.45, 7) is 3.79. The van der Waals surface area contributed by atoms with Crippen LogP contribution in [-0.2, 0) is 32.1 Å². The molecule has 1 heterocycles. The van der Waals surface area contributed by atoms with Crippen molar-refractivity contribution in [2.45, 2.75) is 57.4 Å². The van der Waals surface area contributed by atoms with Gasteiger partial charge in [-0.05, 0) is 37.8 Å². The number of hydrogen-bond donors (Lipinski definition) is 2. The molecule has 2 aromatic rings. The van der Waals surface area contributed by atoms with Crippen molar-refractivity contribution < 1.29 is 29.0 Å². The highest BCUT2D eigenvalue weighted by molar-refractivity contribution is 5.94. The predicted molar refractivity (Wildman–Crippen MR) is 126 cm³/mol. The van der Waals surface area contributed by atoms with Gasteiger partial charge in [0.05, 0.1) is 13.2 Å². The monoisotopic (exact) mass is 468 g/mol. The molecule has 0 aliphatic carbocycles. The van der Waals surface area contributed by atoms with Gasteiger partial charge in [0.1, 0.15) is 12.1 Å². The van der Waals surface area contributed by atoms with Crippen LogP contribution in [0, 0.1) is 6.92 Å². The Bertz CT molecular complexity index is 992. The van der Waals surface area contributed by atoms with Crippen molar-refractivity contribution in [2.75, 3.05) is 13.7 Å². The average molecular weight is 469 g/mol. The van der Waals surface area contributed by atoms with Crippen LogP contribution in [0.5, 0.6) is 0 Å². The van der Waals surface area contributed by atoms with E-state index >= 15 is 0 Å². The number of likely N-dealkylation sites (tertiary alicyclic amines) is 1. The highest BCUT2D eigenvalue weighted by Crippen LogP contribution is 2.34. The van der Waals surface area contributed by atoms with Gasteiger partial charge in [-0.15, -0.1) is 0 Å². The molecule has 34 heavy (non-hydrogen) atoms. The van der Waals surface area contributed by atoms with Gasteiger partial charge in [-0.25, -0.2) is 9.59 Å². The molecule has 8 heteroatoms. The van der Waals surface area contributed by atoms with E-state index in [1.807, 2.05) is 61.5 Å². The number of ether oxygens (including phenoxy) is 2. The summed E-state index contributed by atoms with van der Waals surface area (Å²) in [5, 5.41) is 12.7. The normalized spacial score (nSPS) is 19.2. The minimum Gasteiger partial charge on any atom is -0.467 e. The number of rotatable bonds is 8. The number of nitrogens with zero attached hydrogens (tertiary/aromatic N) is 1. The first-order valence-electron chi connectivity index (χ1n) is 11.4. The van der Waals surface area contributed by atoms with Gasteiger partial charge in [0.15, 0.2) is 6.04 Å². The molecule has 8 nitrogen and oxygen atoms in total. The van der Waals surface area contributed by atoms with E-state index in [1.54, 1.807) is 0 Å². The molecular weight excluding hydrogens is 436 g/mol. The SMILES string of the molecule is COC(=O)C(NC(=O)C1(Cc2ccc(C)cc2)CCCN1C(=O)OCc1ccccc1)C(C)O. The second kappa shape index (κ2) is 11.2. The number of aryl methyl sites for hydroxylation is 1. The largest absolute Gasteiger partial charge is 0.467 e. The van der Waals surface area contributed by atoms with Gasteiger partial charge in [-0.3, -0.25) is 9.69 Å². The van der Waals surface area contributed by atoms with Gasteiger partial charge >= 0.3 is 12.1 Å². The van der Waals surface area contributed by atoms with E-state index in [-0.39, 0.29) is 13.0 Å². The quantitative estimate of drug-likeness (QED) is 0.577. The van der Waals surface area contributed by atoms with Gasteiger partial charge < -0.3 is 19.9 Å². The summed E-state index contributed by atoms with van der Waals surface area (Å²) in [5.74, 6) is -1.29. The van der Waals surface area contributed by atoms with Crippen LogP contribution in [-0.4, -0.2) is 59.3 Å². The summed E-state index contributed by atoms with van der Waals surface area (Å²) in [6.07, 6.45) is -0.547. The molecule has 1 saturated heterocycles. The van der Waals surface area contributed by atoms with Crippen LogP contribution in [0.1, 0.15) is 36.5 Å². The topological polar surface area (TPSA) is 105 Å². The summed E-state index contributed by atoms with van der Waals surface area (Å²) in [6, 6.07) is 15.8. The zero-order chi connectivity index (χ0) is 24.7. The maximum atomic E-state index is 13.7. The van der Waals surface area contributed by atoms with Crippen molar-refractivity contribution in [2.24, 2.45) is 0 Å². The lowest BCUT2D eigenvalue weighted by Gasteiger charge is -2.37. The fraction of sp³-hybridized carbons (Fsp3) is 0.423. The summed E-state index contributed by atoms with van der Waals surface area (Å²) < 4.78 is 10.3. The van der Waals surface area contributed by atoms with E-state index < -0.39 is 35.7 Å². The predicted octanol–water partition coefficient (Wildman–Crippen LogP) is 2.75. The number of methoxy groups -OCH3 is 1. The first kappa shape index (κ1) is 25.2. The van der Waals surface area contributed by atoms with E-state index in [2.05, 4.69) is 5.32 Å². The molecule has 0 radical (unpaired) electrons. The molecule has 3 rings (SSSR count). The smallest absolute Gasteiger partial charge is 0.411 e. The van der Waals surface area contributed by atoms with Crippen LogP contribution in [0.15, 0.2) is 54.6 Å². The van der Waals surface area contributed by atoms with Crippen LogP contribution in [0.3, 0.4) is 0 Å². The Balaban J connectivity index is 1.89. The zero-order valence-corrected chi connectivity index (χ0v) is 19.8. The molecule has 2 N–H and O–H groups in total. The number of nitrogens with one attached hydrogen (secondary N) is 1. The number of benzene rings is 2. The Hall–Kier alpha value is -3.39. The second-order valence-electron chi connectivity index (χ2n) is 8.70. The highest BCUT2D eigenvalue weighted by atomic mass is 16.6. The minimum absolute atomic E-state index is 0.0802. The fourth-order valence-corrected chi connectivity index (χ4v) is 4.26. The second-order valence-corrected chi connectivity index (χ2v) is 8.70. The lowest BCUT2D eigenvalue weighted by molar-refractivity contribution is -0.149. The summed E-state index contributed by atoms with van der Waals surface area (Å²) in [5.41, 5.74) is 1.51. The van der Waals surface area contributed by atoms with Gasteiger partial charge in [-0.1, -0.05) is 60.2 Å². The Morgan fingerprint density at radius 2 is 1.76 bits per heavy atom. The molecule has 3 atom stereocenters. The standard InChI is InChI=1S/C26H32N2O6/c1-18-10-12-20(13-11-18)16-26(24(31)27-22(19(2)29)23(30)33-3)14-7-15-28(26)25(32)34-17-21-8-5-4-6-9-21/h4-6,8-13,19,22,29H,7,14-17H2,1-3H3,(H,27,31). The first-order chi connectivity index (χ1) is 16.3. The van der Waals surface area contributed by atoms with Crippen LogP contribution < -0.4 is 5.32 Å². The van der Waals surface area contributed by atoms with E-state index in [0.717, 1.165) is 16.7 Å². The third-order valence-corrected chi connectivity index (χ3v) is 6.18. The number of carbonyl (C=O) groups excluding carboxylic acids is 3. The van der Waals surface area contributed by atoms with Gasteiger partial charge in [0.25, 0.3) is 0 Å². The number of carbonyl (C=O) groups is 3. The van der Waals surface area contributed by atoms with Crippen molar-refractivity contribution >= 4 is 18.0 Å². The molecule has 0 bridgehead atoms. The van der Waals surface area contributed by atoms with Crippen molar-refractivity contribution in [3.05, 3.63) is 71.3 Å². The van der Waals surface area contributed by atoms with Crippen LogP contribution >= 0.6 is 0 Å². The molecule has 0 saturated carbocycles. The fourth-order valence-electron chi connectivity index (χ4n) is 4.26. The van der Waals surface area contributed by atoms with Crippen molar-refractivity contribution in [1.82, 2.24) is 10.2 Å². The molecule has 3 unspecified atom stereocenters. The van der Waals surface area contributed by atoms with Crippen molar-refractivity contribution in [3.8, 4) is 0 Å². The lowest BCUT2D eigenvalue weighted by Crippen LogP contribution is -2.62. The maximum absolute atomic E-state index is 13.7. The molecule has 1 aliphatic rings. The van der Waals surface area contributed by atoms with Crippen molar-refractivity contribution in [1.29, 1.82) is 0 Å². The molecule has 0 spiro atoms. The zero-order valence-electron chi connectivity index (χ0n) is 19.8. The molecule has 0 aromatic heterocycles. The molecule has 2 aromatic carbocycles. The Morgan fingerprint density at radius 3 is 2.38 bits per heavy atom. The molecule has 1 fully saturated rings. The third-order valence-electron chi connectivity index (χ3n) is 6.18. The number of esters is 1. The Morgan fingerprint density at radius 1 is 1.09 bits per heavy atom. The number of aliphatic hydroxyl groups excluding tert-OH is 1.